The molecule has 0 bridgehead atoms. The smallest absolute Gasteiger partial charge is 0.237 e. The van der Waals surface area contributed by atoms with Gasteiger partial charge >= 0.3 is 0 Å². The van der Waals surface area contributed by atoms with E-state index in [2.05, 4.69) is 47.4 Å². The third-order valence-electron chi connectivity index (χ3n) is 3.37. The second-order valence-corrected chi connectivity index (χ2v) is 8.28. The van der Waals surface area contributed by atoms with Crippen LogP contribution in [0.1, 0.15) is 12.5 Å². The normalized spacial score (nSPS) is 12.3. The molecule has 8 heteroatoms. The van der Waals surface area contributed by atoms with Gasteiger partial charge < -0.3 is 5.32 Å². The average molecular weight is 470 g/mol. The second-order valence-electron chi connectivity index (χ2n) is 5.26. The van der Waals surface area contributed by atoms with Gasteiger partial charge in [0.1, 0.15) is 0 Å². The third kappa shape index (κ3) is 3.65. The number of anilines is 1. The number of nitrogens with one attached hydrogen (secondary N) is 1. The lowest BCUT2D eigenvalue weighted by Gasteiger charge is -2.14. The van der Waals surface area contributed by atoms with Gasteiger partial charge in [-0.05, 0) is 75.5 Å². The number of pyridine rings is 1. The summed E-state index contributed by atoms with van der Waals surface area (Å²) >= 11 is 8.35. The molecule has 124 valence electrons. The zero-order valence-corrected chi connectivity index (χ0v) is 16.9. The van der Waals surface area contributed by atoms with Crippen LogP contribution < -0.4 is 5.32 Å². The van der Waals surface area contributed by atoms with Crippen LogP contribution >= 0.6 is 43.6 Å². The van der Waals surface area contributed by atoms with Crippen molar-refractivity contribution >= 4 is 60.9 Å². The van der Waals surface area contributed by atoms with Gasteiger partial charge in [0.05, 0.1) is 10.9 Å². The van der Waals surface area contributed by atoms with Crippen LogP contribution in [-0.2, 0) is 4.79 Å². The Bertz CT molecular complexity index is 889. The summed E-state index contributed by atoms with van der Waals surface area (Å²) in [5.74, 6) is -0.0991. The molecule has 0 saturated carbocycles. The average Bonchev–Trinajstić information content (AvgIpc) is 2.94. The minimum Gasteiger partial charge on any atom is -0.323 e. The molecular formula is C16H14Br2N4OS. The summed E-state index contributed by atoms with van der Waals surface area (Å²) in [5.41, 5.74) is 2.59. The highest BCUT2D eigenvalue weighted by Gasteiger charge is 2.19. The van der Waals surface area contributed by atoms with Crippen LogP contribution in [0.25, 0.3) is 5.65 Å². The predicted molar refractivity (Wildman–Crippen MR) is 104 cm³/mol. The van der Waals surface area contributed by atoms with Crippen molar-refractivity contribution in [1.82, 2.24) is 14.6 Å². The minimum absolute atomic E-state index is 0.0991. The number of carbonyl (C=O) groups excluding carboxylic acids is 1. The van der Waals surface area contributed by atoms with E-state index in [0.29, 0.717) is 5.16 Å². The van der Waals surface area contributed by atoms with E-state index in [1.165, 1.54) is 11.8 Å². The number of halogens is 2. The van der Waals surface area contributed by atoms with Gasteiger partial charge in [-0.2, -0.15) is 0 Å². The largest absolute Gasteiger partial charge is 0.323 e. The molecule has 1 aromatic carbocycles. The molecule has 0 aliphatic heterocycles. The van der Waals surface area contributed by atoms with Crippen molar-refractivity contribution in [2.75, 3.05) is 5.32 Å². The van der Waals surface area contributed by atoms with E-state index >= 15 is 0 Å². The van der Waals surface area contributed by atoms with Crippen LogP contribution in [0, 0.1) is 6.92 Å². The van der Waals surface area contributed by atoms with E-state index in [4.69, 9.17) is 0 Å². The molecule has 2 aromatic heterocycles. The van der Waals surface area contributed by atoms with E-state index < -0.39 is 0 Å². The van der Waals surface area contributed by atoms with Gasteiger partial charge in [0.25, 0.3) is 0 Å². The van der Waals surface area contributed by atoms with Gasteiger partial charge in [0.15, 0.2) is 10.8 Å². The number of nitrogens with zero attached hydrogens (tertiary/aromatic N) is 3. The van der Waals surface area contributed by atoms with Crippen LogP contribution in [0.5, 0.6) is 0 Å². The van der Waals surface area contributed by atoms with E-state index in [1.807, 2.05) is 54.8 Å². The molecule has 1 N–H and O–H groups in total. The maximum absolute atomic E-state index is 12.5. The summed E-state index contributed by atoms with van der Waals surface area (Å²) in [6.07, 6.45) is 1.88. The number of benzene rings is 1. The maximum Gasteiger partial charge on any atom is 0.237 e. The molecular weight excluding hydrogens is 456 g/mol. The van der Waals surface area contributed by atoms with Gasteiger partial charge in [0.2, 0.25) is 5.91 Å². The topological polar surface area (TPSA) is 59.3 Å². The summed E-state index contributed by atoms with van der Waals surface area (Å²) < 4.78 is 3.55. The lowest BCUT2D eigenvalue weighted by atomic mass is 10.2. The van der Waals surface area contributed by atoms with Crippen molar-refractivity contribution < 1.29 is 4.79 Å². The Kier molecular flexibility index (Phi) is 5.27. The number of aryl methyl sites for hydroxylation is 1. The number of aromatic nitrogens is 3. The monoisotopic (exact) mass is 468 g/mol. The fraction of sp³-hybridized carbons (Fsp3) is 0.188. The van der Waals surface area contributed by atoms with Crippen molar-refractivity contribution in [3.05, 3.63) is 51.0 Å². The van der Waals surface area contributed by atoms with Crippen LogP contribution in [0.3, 0.4) is 0 Å². The summed E-state index contributed by atoms with van der Waals surface area (Å²) in [6, 6.07) is 9.61. The molecule has 1 amide bonds. The van der Waals surface area contributed by atoms with E-state index in [9.17, 15) is 4.79 Å². The third-order valence-corrected chi connectivity index (χ3v) is 5.68. The minimum atomic E-state index is -0.322. The van der Waals surface area contributed by atoms with Crippen molar-refractivity contribution in [3.8, 4) is 0 Å². The second kappa shape index (κ2) is 7.25. The Morgan fingerprint density at radius 2 is 1.96 bits per heavy atom. The molecule has 0 spiro atoms. The number of hydrogen-bond acceptors (Lipinski definition) is 4. The number of amides is 1. The SMILES string of the molecule is Cc1cc(Br)c(NC(=O)[C@H](C)Sc2nnc3ccccn23)c(Br)c1. The first kappa shape index (κ1) is 17.4. The van der Waals surface area contributed by atoms with Crippen molar-refractivity contribution in [2.24, 2.45) is 0 Å². The quantitative estimate of drug-likeness (QED) is 0.563. The summed E-state index contributed by atoms with van der Waals surface area (Å²) in [5, 5.41) is 11.6. The Hall–Kier alpha value is -1.38. The highest BCUT2D eigenvalue weighted by molar-refractivity contribution is 9.11. The molecule has 2 heterocycles. The number of fused-ring (bicyclic) bond motifs is 1. The predicted octanol–water partition coefficient (Wildman–Crippen LogP) is 4.68. The number of hydrogen-bond donors (Lipinski definition) is 1. The molecule has 0 fully saturated rings. The molecule has 0 saturated heterocycles. The first-order chi connectivity index (χ1) is 11.5. The fourth-order valence-corrected chi connectivity index (χ4v) is 4.61. The van der Waals surface area contributed by atoms with Crippen LogP contribution in [0.4, 0.5) is 5.69 Å². The Labute approximate surface area is 160 Å². The molecule has 0 aliphatic carbocycles. The molecule has 0 radical (unpaired) electrons. The highest BCUT2D eigenvalue weighted by atomic mass is 79.9. The van der Waals surface area contributed by atoms with Gasteiger partial charge in [0, 0.05) is 15.1 Å². The molecule has 3 aromatic rings. The van der Waals surface area contributed by atoms with Gasteiger partial charge in [-0.1, -0.05) is 17.8 Å². The van der Waals surface area contributed by atoms with Crippen LogP contribution in [0.2, 0.25) is 0 Å². The molecule has 5 nitrogen and oxygen atoms in total. The number of rotatable bonds is 4. The Morgan fingerprint density at radius 3 is 2.67 bits per heavy atom. The summed E-state index contributed by atoms with van der Waals surface area (Å²) in [4.78, 5) is 12.5. The zero-order valence-electron chi connectivity index (χ0n) is 13.0. The summed E-state index contributed by atoms with van der Waals surface area (Å²) in [6.45, 7) is 3.84. The number of thioether (sulfide) groups is 1. The zero-order chi connectivity index (χ0) is 17.3. The van der Waals surface area contributed by atoms with E-state index in [1.54, 1.807) is 0 Å². The molecule has 0 unspecified atom stereocenters. The molecule has 24 heavy (non-hydrogen) atoms. The van der Waals surface area contributed by atoms with Crippen LogP contribution in [0.15, 0.2) is 50.6 Å². The van der Waals surface area contributed by atoms with Crippen molar-refractivity contribution in [3.63, 3.8) is 0 Å². The first-order valence-electron chi connectivity index (χ1n) is 7.18. The van der Waals surface area contributed by atoms with Crippen LogP contribution in [-0.4, -0.2) is 25.8 Å². The fourth-order valence-electron chi connectivity index (χ4n) is 2.16. The molecule has 0 aliphatic rings. The lowest BCUT2D eigenvalue weighted by Crippen LogP contribution is -2.23. The highest BCUT2D eigenvalue weighted by Crippen LogP contribution is 2.33. The summed E-state index contributed by atoms with van der Waals surface area (Å²) in [7, 11) is 0. The maximum atomic E-state index is 12.5. The van der Waals surface area contributed by atoms with E-state index in [-0.39, 0.29) is 11.2 Å². The van der Waals surface area contributed by atoms with E-state index in [0.717, 1.165) is 25.8 Å². The molecule has 3 rings (SSSR count). The molecule has 1 atom stereocenters. The lowest BCUT2D eigenvalue weighted by molar-refractivity contribution is -0.115. The Balaban J connectivity index is 1.76. The van der Waals surface area contributed by atoms with Crippen molar-refractivity contribution in [2.45, 2.75) is 24.3 Å². The van der Waals surface area contributed by atoms with Crippen molar-refractivity contribution in [1.29, 1.82) is 0 Å². The standard InChI is InChI=1S/C16H14Br2N4OS/c1-9-7-11(17)14(12(18)8-9)19-15(23)10(2)24-16-21-20-13-5-3-4-6-22(13)16/h3-8,10H,1-2H3,(H,19,23)/t10-/m0/s1. The van der Waals surface area contributed by atoms with Gasteiger partial charge in [-0.25, -0.2) is 0 Å². The number of carbonyl (C=O) groups is 1. The first-order valence-corrected chi connectivity index (χ1v) is 9.65. The van der Waals surface area contributed by atoms with Gasteiger partial charge in [-0.3, -0.25) is 9.20 Å². The van der Waals surface area contributed by atoms with Gasteiger partial charge in [-0.15, -0.1) is 10.2 Å². The Morgan fingerprint density at radius 1 is 1.25 bits per heavy atom.